The van der Waals surface area contributed by atoms with Crippen molar-refractivity contribution in [3.63, 3.8) is 0 Å². The van der Waals surface area contributed by atoms with Crippen LogP contribution in [-0.4, -0.2) is 37.2 Å². The highest BCUT2D eigenvalue weighted by Crippen LogP contribution is 2.28. The highest BCUT2D eigenvalue weighted by molar-refractivity contribution is 7.89. The SMILES string of the molecule is O=C(O)CCc1cc(CCO)cc2c1CCC(NS(=O)(=O)c1ccc(Cl)cc1)C2. The fraction of sp³-hybridized carbons (Fsp3) is 0.381. The molecule has 0 saturated heterocycles. The number of benzene rings is 2. The fourth-order valence-corrected chi connectivity index (χ4v) is 5.20. The first-order chi connectivity index (χ1) is 13.8. The molecule has 1 aliphatic carbocycles. The van der Waals surface area contributed by atoms with Gasteiger partial charge < -0.3 is 10.2 Å². The Kier molecular flexibility index (Phi) is 6.95. The second-order valence-corrected chi connectivity index (χ2v) is 9.43. The second kappa shape index (κ2) is 9.26. The normalized spacial score (nSPS) is 16.4. The van der Waals surface area contributed by atoms with E-state index in [0.29, 0.717) is 37.1 Å². The summed E-state index contributed by atoms with van der Waals surface area (Å²) in [6.07, 6.45) is 2.80. The third kappa shape index (κ3) is 5.57. The number of rotatable bonds is 8. The molecule has 3 rings (SSSR count). The quantitative estimate of drug-likeness (QED) is 0.589. The molecule has 0 heterocycles. The van der Waals surface area contributed by atoms with E-state index in [0.717, 1.165) is 22.3 Å². The molecule has 0 aromatic heterocycles. The zero-order chi connectivity index (χ0) is 21.0. The molecule has 1 atom stereocenters. The van der Waals surface area contributed by atoms with Gasteiger partial charge >= 0.3 is 5.97 Å². The van der Waals surface area contributed by atoms with Crippen LogP contribution < -0.4 is 4.72 Å². The van der Waals surface area contributed by atoms with Crippen LogP contribution in [0.4, 0.5) is 0 Å². The number of aliphatic hydroxyl groups is 1. The van der Waals surface area contributed by atoms with Gasteiger partial charge in [-0.05, 0) is 78.6 Å². The molecule has 2 aromatic rings. The maximum absolute atomic E-state index is 12.7. The molecule has 0 aliphatic heterocycles. The Hall–Kier alpha value is -1.93. The number of fused-ring (bicyclic) bond motifs is 1. The van der Waals surface area contributed by atoms with Gasteiger partial charge in [-0.2, -0.15) is 0 Å². The molecule has 0 spiro atoms. The second-order valence-electron chi connectivity index (χ2n) is 7.27. The van der Waals surface area contributed by atoms with E-state index in [1.165, 1.54) is 12.1 Å². The van der Waals surface area contributed by atoms with Gasteiger partial charge in [0.15, 0.2) is 0 Å². The zero-order valence-electron chi connectivity index (χ0n) is 15.9. The maximum Gasteiger partial charge on any atom is 0.303 e. The van der Waals surface area contributed by atoms with Gasteiger partial charge in [0.2, 0.25) is 10.0 Å². The first-order valence-electron chi connectivity index (χ1n) is 9.52. The monoisotopic (exact) mass is 437 g/mol. The molecule has 2 aromatic carbocycles. The van der Waals surface area contributed by atoms with Crippen molar-refractivity contribution in [1.82, 2.24) is 4.72 Å². The third-order valence-corrected chi connectivity index (χ3v) is 6.95. The largest absolute Gasteiger partial charge is 0.481 e. The number of hydrogen-bond acceptors (Lipinski definition) is 4. The van der Waals surface area contributed by atoms with Crippen molar-refractivity contribution in [2.45, 2.75) is 49.5 Å². The number of carboxylic acids is 1. The summed E-state index contributed by atoms with van der Waals surface area (Å²) in [4.78, 5) is 11.2. The number of aliphatic carboxylic acids is 1. The molecule has 0 bridgehead atoms. The standard InChI is InChI=1S/C21H24ClNO5S/c22-17-2-5-19(6-3-17)29(27,28)23-18-4-7-20-15(1-8-21(25)26)11-14(9-10-24)12-16(20)13-18/h2-3,5-6,11-12,18,23-24H,1,4,7-10,13H2,(H,25,26). The topological polar surface area (TPSA) is 104 Å². The lowest BCUT2D eigenvalue weighted by molar-refractivity contribution is -0.136. The third-order valence-electron chi connectivity index (χ3n) is 5.16. The Morgan fingerprint density at radius 2 is 1.90 bits per heavy atom. The van der Waals surface area contributed by atoms with Gasteiger partial charge in [0.25, 0.3) is 0 Å². The lowest BCUT2D eigenvalue weighted by Crippen LogP contribution is -2.39. The van der Waals surface area contributed by atoms with Crippen molar-refractivity contribution >= 4 is 27.6 Å². The average molecular weight is 438 g/mol. The number of aliphatic hydroxyl groups excluding tert-OH is 1. The summed E-state index contributed by atoms with van der Waals surface area (Å²) in [5, 5.41) is 18.8. The number of hydrogen-bond donors (Lipinski definition) is 3. The molecule has 1 aliphatic rings. The Morgan fingerprint density at radius 3 is 2.55 bits per heavy atom. The molecule has 29 heavy (non-hydrogen) atoms. The van der Waals surface area contributed by atoms with Gasteiger partial charge in [0, 0.05) is 24.1 Å². The van der Waals surface area contributed by atoms with E-state index in [9.17, 15) is 18.3 Å². The van der Waals surface area contributed by atoms with Gasteiger partial charge in [-0.3, -0.25) is 4.79 Å². The minimum atomic E-state index is -3.66. The molecule has 0 radical (unpaired) electrons. The number of halogens is 1. The predicted molar refractivity (Wildman–Crippen MR) is 111 cm³/mol. The molecular formula is C21H24ClNO5S. The van der Waals surface area contributed by atoms with Gasteiger partial charge in [0.05, 0.1) is 4.90 Å². The van der Waals surface area contributed by atoms with Crippen molar-refractivity contribution in [2.24, 2.45) is 0 Å². The molecule has 156 valence electrons. The van der Waals surface area contributed by atoms with Crippen LogP contribution in [0.2, 0.25) is 5.02 Å². The average Bonchev–Trinajstić information content (AvgIpc) is 2.66. The summed E-state index contributed by atoms with van der Waals surface area (Å²) in [5.41, 5.74) is 4.04. The lowest BCUT2D eigenvalue weighted by Gasteiger charge is -2.28. The minimum absolute atomic E-state index is 0.00375. The number of aryl methyl sites for hydroxylation is 1. The van der Waals surface area contributed by atoms with Crippen LogP contribution in [0, 0.1) is 0 Å². The van der Waals surface area contributed by atoms with Crippen LogP contribution in [0.15, 0.2) is 41.3 Å². The minimum Gasteiger partial charge on any atom is -0.481 e. The van der Waals surface area contributed by atoms with Crippen LogP contribution >= 0.6 is 11.6 Å². The van der Waals surface area contributed by atoms with Crippen LogP contribution in [0.5, 0.6) is 0 Å². The van der Waals surface area contributed by atoms with E-state index in [4.69, 9.17) is 16.7 Å². The Bertz CT molecular complexity index is 989. The summed E-state index contributed by atoms with van der Waals surface area (Å²) in [6, 6.07) is 9.76. The summed E-state index contributed by atoms with van der Waals surface area (Å²) >= 11 is 5.84. The van der Waals surface area contributed by atoms with E-state index in [1.807, 2.05) is 12.1 Å². The van der Waals surface area contributed by atoms with E-state index in [1.54, 1.807) is 12.1 Å². The van der Waals surface area contributed by atoms with Gasteiger partial charge in [-0.1, -0.05) is 23.7 Å². The van der Waals surface area contributed by atoms with Crippen LogP contribution in [0.25, 0.3) is 0 Å². The molecular weight excluding hydrogens is 414 g/mol. The van der Waals surface area contributed by atoms with Crippen LogP contribution in [-0.2, 0) is 40.5 Å². The fourth-order valence-electron chi connectivity index (χ4n) is 3.80. The van der Waals surface area contributed by atoms with Crippen molar-refractivity contribution in [3.05, 3.63) is 63.7 Å². The summed E-state index contributed by atoms with van der Waals surface area (Å²) in [6.45, 7) is 0.00375. The number of sulfonamides is 1. The van der Waals surface area contributed by atoms with Gasteiger partial charge in [-0.25, -0.2) is 13.1 Å². The summed E-state index contributed by atoms with van der Waals surface area (Å²) < 4.78 is 28.1. The molecule has 6 nitrogen and oxygen atoms in total. The predicted octanol–water partition coefficient (Wildman–Crippen LogP) is 2.73. The van der Waals surface area contributed by atoms with E-state index in [2.05, 4.69) is 4.72 Å². The van der Waals surface area contributed by atoms with E-state index < -0.39 is 16.0 Å². The highest BCUT2D eigenvalue weighted by Gasteiger charge is 2.26. The highest BCUT2D eigenvalue weighted by atomic mass is 35.5. The molecule has 3 N–H and O–H groups in total. The molecule has 8 heteroatoms. The van der Waals surface area contributed by atoms with Crippen LogP contribution in [0.3, 0.4) is 0 Å². The smallest absolute Gasteiger partial charge is 0.303 e. The summed E-state index contributed by atoms with van der Waals surface area (Å²) in [5.74, 6) is -0.851. The van der Waals surface area contributed by atoms with Crippen LogP contribution in [0.1, 0.15) is 35.1 Å². The summed E-state index contributed by atoms with van der Waals surface area (Å²) in [7, 11) is -3.66. The Balaban J connectivity index is 1.81. The molecule has 0 fully saturated rings. The van der Waals surface area contributed by atoms with Crippen molar-refractivity contribution in [1.29, 1.82) is 0 Å². The van der Waals surface area contributed by atoms with Crippen molar-refractivity contribution in [2.75, 3.05) is 6.61 Å². The van der Waals surface area contributed by atoms with Crippen molar-refractivity contribution in [3.8, 4) is 0 Å². The zero-order valence-corrected chi connectivity index (χ0v) is 17.5. The molecule has 1 unspecified atom stereocenters. The molecule has 0 amide bonds. The first-order valence-corrected chi connectivity index (χ1v) is 11.4. The van der Waals surface area contributed by atoms with E-state index in [-0.39, 0.29) is 24.0 Å². The number of carboxylic acid groups (broad SMARTS) is 1. The van der Waals surface area contributed by atoms with Crippen molar-refractivity contribution < 1.29 is 23.4 Å². The van der Waals surface area contributed by atoms with Gasteiger partial charge in [-0.15, -0.1) is 0 Å². The lowest BCUT2D eigenvalue weighted by atomic mass is 9.83. The Morgan fingerprint density at radius 1 is 1.17 bits per heavy atom. The molecule has 0 saturated carbocycles. The first kappa shape index (κ1) is 21.8. The Labute approximate surface area is 175 Å². The van der Waals surface area contributed by atoms with Gasteiger partial charge in [0.1, 0.15) is 0 Å². The number of carbonyl (C=O) groups is 1. The number of nitrogens with one attached hydrogen (secondary N) is 1. The van der Waals surface area contributed by atoms with E-state index >= 15 is 0 Å². The maximum atomic E-state index is 12.7.